The summed E-state index contributed by atoms with van der Waals surface area (Å²) in [4.78, 5) is 15.3. The number of benzene rings is 1. The summed E-state index contributed by atoms with van der Waals surface area (Å²) in [7, 11) is 0. The Morgan fingerprint density at radius 2 is 1.90 bits per heavy atom. The number of carbonyl (C=O) groups is 1. The molecule has 2 aliphatic rings. The van der Waals surface area contributed by atoms with Crippen LogP contribution in [0.5, 0.6) is 0 Å². The summed E-state index contributed by atoms with van der Waals surface area (Å²) in [6, 6.07) is 8.60. The van der Waals surface area contributed by atoms with Crippen LogP contribution in [0, 0.1) is 0 Å². The molecular weight excluding hydrogens is 406 g/mol. The number of allylic oxidation sites excluding steroid dienone is 2. The van der Waals surface area contributed by atoms with Crippen LogP contribution in [0.2, 0.25) is 0 Å². The van der Waals surface area contributed by atoms with Gasteiger partial charge in [-0.15, -0.1) is 10.2 Å². The lowest BCUT2D eigenvalue weighted by Crippen LogP contribution is -2.40. The van der Waals surface area contributed by atoms with Crippen LogP contribution in [-0.4, -0.2) is 44.6 Å². The molecule has 0 spiro atoms. The highest BCUT2D eigenvalue weighted by atomic mass is 32.2. The Morgan fingerprint density at radius 1 is 1.16 bits per heavy atom. The zero-order chi connectivity index (χ0) is 21.8. The van der Waals surface area contributed by atoms with Crippen LogP contribution < -0.4 is 10.2 Å². The van der Waals surface area contributed by atoms with E-state index in [9.17, 15) is 4.79 Å². The maximum atomic E-state index is 13.0. The molecule has 7 heteroatoms. The van der Waals surface area contributed by atoms with Gasteiger partial charge in [-0.05, 0) is 64.3 Å². The quantitative estimate of drug-likeness (QED) is 0.628. The van der Waals surface area contributed by atoms with Crippen molar-refractivity contribution < 1.29 is 4.79 Å². The van der Waals surface area contributed by atoms with Crippen LogP contribution in [0.25, 0.3) is 11.4 Å². The van der Waals surface area contributed by atoms with E-state index in [2.05, 4.69) is 76.1 Å². The van der Waals surface area contributed by atoms with E-state index in [0.29, 0.717) is 0 Å². The van der Waals surface area contributed by atoms with Gasteiger partial charge in [0.15, 0.2) is 11.0 Å². The maximum absolute atomic E-state index is 13.0. The lowest BCUT2D eigenvalue weighted by atomic mass is 10.1. The predicted octanol–water partition coefficient (Wildman–Crippen LogP) is 4.44. The van der Waals surface area contributed by atoms with E-state index in [1.165, 1.54) is 5.69 Å². The summed E-state index contributed by atoms with van der Waals surface area (Å²) >= 11 is 1.56. The minimum atomic E-state index is -0.418. The zero-order valence-corrected chi connectivity index (χ0v) is 19.4. The number of aromatic nitrogens is 3. The summed E-state index contributed by atoms with van der Waals surface area (Å²) in [6.07, 6.45) is 10.7. The monoisotopic (exact) mass is 437 g/mol. The number of thioether (sulfide) groups is 1. The Kier molecular flexibility index (Phi) is 6.51. The molecule has 31 heavy (non-hydrogen) atoms. The van der Waals surface area contributed by atoms with E-state index >= 15 is 0 Å². The standard InChI is InChI=1S/C24H31N5OS/c1-4-28(5-2)20-14-12-18(13-15-20)21-26-27-23(29(21)6-3)31-24(16-17-24)22(30)25-19-10-8-7-9-11-19/h7-10,12-15,19H,4-6,11,16-17H2,1-3H3,(H,25,30). The van der Waals surface area contributed by atoms with Crippen LogP contribution in [0.3, 0.4) is 0 Å². The average Bonchev–Trinajstić information content (AvgIpc) is 3.48. The van der Waals surface area contributed by atoms with E-state index in [1.54, 1.807) is 11.8 Å². The van der Waals surface area contributed by atoms with Gasteiger partial charge in [0.2, 0.25) is 5.91 Å². The molecule has 0 aliphatic heterocycles. The number of hydrogen-bond acceptors (Lipinski definition) is 5. The molecule has 1 unspecified atom stereocenters. The second kappa shape index (κ2) is 9.30. The molecule has 1 saturated carbocycles. The van der Waals surface area contributed by atoms with Crippen LogP contribution in [0.1, 0.15) is 40.0 Å². The molecule has 1 amide bonds. The Hall–Kier alpha value is -2.54. The molecule has 1 atom stereocenters. The Morgan fingerprint density at radius 3 is 2.48 bits per heavy atom. The van der Waals surface area contributed by atoms with Crippen LogP contribution in [0.4, 0.5) is 5.69 Å². The van der Waals surface area contributed by atoms with Gasteiger partial charge in [0.1, 0.15) is 4.75 Å². The maximum Gasteiger partial charge on any atom is 0.237 e. The molecule has 0 bridgehead atoms. The van der Waals surface area contributed by atoms with Crippen molar-refractivity contribution in [2.45, 2.75) is 62.5 Å². The Labute approximate surface area is 188 Å². The number of rotatable bonds is 9. The molecule has 2 aliphatic carbocycles. The van der Waals surface area contributed by atoms with Crippen LogP contribution >= 0.6 is 11.8 Å². The second-order valence-electron chi connectivity index (χ2n) is 7.99. The van der Waals surface area contributed by atoms with Crippen LogP contribution in [0.15, 0.2) is 53.7 Å². The van der Waals surface area contributed by atoms with Crippen LogP contribution in [-0.2, 0) is 11.3 Å². The van der Waals surface area contributed by atoms with Crippen molar-refractivity contribution in [2.75, 3.05) is 18.0 Å². The molecule has 0 saturated heterocycles. The van der Waals surface area contributed by atoms with Gasteiger partial charge < -0.3 is 14.8 Å². The first-order valence-electron chi connectivity index (χ1n) is 11.2. The Balaban J connectivity index is 1.50. The van der Waals surface area contributed by atoms with Crippen molar-refractivity contribution in [3.8, 4) is 11.4 Å². The first-order valence-corrected chi connectivity index (χ1v) is 12.0. The minimum absolute atomic E-state index is 0.0829. The minimum Gasteiger partial charge on any atom is -0.372 e. The molecule has 1 aromatic heterocycles. The number of carbonyl (C=O) groups excluding carboxylic acids is 1. The molecule has 1 aromatic carbocycles. The van der Waals surface area contributed by atoms with Crippen molar-refractivity contribution in [3.63, 3.8) is 0 Å². The Bertz CT molecular complexity index is 970. The highest BCUT2D eigenvalue weighted by Crippen LogP contribution is 2.52. The van der Waals surface area contributed by atoms with Crippen molar-refractivity contribution in [3.05, 3.63) is 48.6 Å². The third kappa shape index (κ3) is 4.56. The average molecular weight is 438 g/mol. The van der Waals surface area contributed by atoms with Gasteiger partial charge in [0, 0.05) is 30.9 Å². The zero-order valence-electron chi connectivity index (χ0n) is 18.5. The molecule has 1 heterocycles. The first-order chi connectivity index (χ1) is 15.1. The summed E-state index contributed by atoms with van der Waals surface area (Å²) in [6.45, 7) is 9.16. The first kappa shape index (κ1) is 21.7. The molecular formula is C24H31N5OS. The molecule has 4 rings (SSSR count). The fourth-order valence-corrected chi connectivity index (χ4v) is 5.14. The number of hydrogen-bond donors (Lipinski definition) is 1. The van der Waals surface area contributed by atoms with Crippen molar-refractivity contribution in [1.29, 1.82) is 0 Å². The molecule has 2 aromatic rings. The van der Waals surface area contributed by atoms with Crippen molar-refractivity contribution >= 4 is 23.4 Å². The molecule has 6 nitrogen and oxygen atoms in total. The van der Waals surface area contributed by atoms with E-state index < -0.39 is 4.75 Å². The molecule has 0 radical (unpaired) electrons. The topological polar surface area (TPSA) is 63.1 Å². The van der Waals surface area contributed by atoms with E-state index in [1.807, 2.05) is 18.2 Å². The molecule has 1 N–H and O–H groups in total. The van der Waals surface area contributed by atoms with Gasteiger partial charge in [-0.3, -0.25) is 4.79 Å². The summed E-state index contributed by atoms with van der Waals surface area (Å²) in [5.41, 5.74) is 2.26. The van der Waals surface area contributed by atoms with Gasteiger partial charge >= 0.3 is 0 Å². The number of nitrogens with one attached hydrogen (secondary N) is 1. The van der Waals surface area contributed by atoms with Gasteiger partial charge in [-0.2, -0.15) is 0 Å². The highest BCUT2D eigenvalue weighted by Gasteiger charge is 2.52. The van der Waals surface area contributed by atoms with Gasteiger partial charge in [-0.1, -0.05) is 36.1 Å². The van der Waals surface area contributed by atoms with E-state index in [-0.39, 0.29) is 11.9 Å². The molecule has 164 valence electrons. The molecule has 1 fully saturated rings. The third-order valence-corrected chi connectivity index (χ3v) is 7.46. The second-order valence-corrected chi connectivity index (χ2v) is 9.35. The third-order valence-electron chi connectivity index (χ3n) is 5.99. The fourth-order valence-electron chi connectivity index (χ4n) is 3.92. The summed E-state index contributed by atoms with van der Waals surface area (Å²) in [5, 5.41) is 13.0. The van der Waals surface area contributed by atoms with Gasteiger partial charge in [-0.25, -0.2) is 0 Å². The van der Waals surface area contributed by atoms with Crippen molar-refractivity contribution in [2.24, 2.45) is 0 Å². The number of amides is 1. The van der Waals surface area contributed by atoms with Gasteiger partial charge in [0.25, 0.3) is 0 Å². The summed E-state index contributed by atoms with van der Waals surface area (Å²) < 4.78 is 1.70. The lowest BCUT2D eigenvalue weighted by Gasteiger charge is -2.21. The number of anilines is 1. The van der Waals surface area contributed by atoms with Crippen molar-refractivity contribution in [1.82, 2.24) is 20.1 Å². The normalized spacial score (nSPS) is 18.7. The fraction of sp³-hybridized carbons (Fsp3) is 0.458. The van der Waals surface area contributed by atoms with Gasteiger partial charge in [0.05, 0.1) is 6.04 Å². The largest absolute Gasteiger partial charge is 0.372 e. The highest BCUT2D eigenvalue weighted by molar-refractivity contribution is 8.01. The van der Waals surface area contributed by atoms with E-state index in [4.69, 9.17) is 0 Å². The SMILES string of the molecule is CCN(CC)c1ccc(-c2nnc(SC3(C(=O)NC4C=CC=CC4)CC3)n2CC)cc1. The lowest BCUT2D eigenvalue weighted by molar-refractivity contribution is -0.121. The summed E-state index contributed by atoms with van der Waals surface area (Å²) in [5.74, 6) is 0.964. The predicted molar refractivity (Wildman–Crippen MR) is 127 cm³/mol. The number of nitrogens with zero attached hydrogens (tertiary/aromatic N) is 4. The van der Waals surface area contributed by atoms with E-state index in [0.717, 1.165) is 55.4 Å². The smallest absolute Gasteiger partial charge is 0.237 e.